The molecule has 2 N–H and O–H groups in total. The molecule has 3 aromatic carbocycles. The third kappa shape index (κ3) is 5.58. The number of hydrogen-bond donors (Lipinski definition) is 2. The number of aromatic amines is 1. The highest BCUT2D eigenvalue weighted by Gasteiger charge is 2.56. The first-order chi connectivity index (χ1) is 21.3. The number of aryl methyl sites for hydroxylation is 1. The van der Waals surface area contributed by atoms with Gasteiger partial charge in [-0.2, -0.15) is 0 Å². The number of amides is 3. The lowest BCUT2D eigenvalue weighted by Gasteiger charge is -2.30. The first kappa shape index (κ1) is 29.5. The molecule has 1 saturated heterocycles. The van der Waals surface area contributed by atoms with E-state index in [4.69, 9.17) is 14.2 Å². The van der Waals surface area contributed by atoms with Crippen LogP contribution in [-0.4, -0.2) is 48.3 Å². The molecule has 10 nitrogen and oxygen atoms in total. The molecule has 3 unspecified atom stereocenters. The van der Waals surface area contributed by atoms with E-state index in [1.807, 2.05) is 32.0 Å². The lowest BCUT2D eigenvalue weighted by atomic mass is 9.83. The maximum absolute atomic E-state index is 14.0. The molecule has 1 fully saturated rings. The summed E-state index contributed by atoms with van der Waals surface area (Å²) in [7, 11) is 1.54. The summed E-state index contributed by atoms with van der Waals surface area (Å²) in [6.07, 6.45) is 0. The van der Waals surface area contributed by atoms with Crippen LogP contribution in [0, 0.1) is 12.8 Å². The smallest absolute Gasteiger partial charge is 0.305 e. The molecule has 1 aromatic heterocycles. The number of carbonyl (C=O) groups is 3. The zero-order chi connectivity index (χ0) is 31.0. The summed E-state index contributed by atoms with van der Waals surface area (Å²) in [6, 6.07) is 19.5. The van der Waals surface area contributed by atoms with Crippen molar-refractivity contribution in [2.24, 2.45) is 5.92 Å². The van der Waals surface area contributed by atoms with E-state index in [0.29, 0.717) is 50.7 Å². The van der Waals surface area contributed by atoms with Gasteiger partial charge in [0, 0.05) is 16.5 Å². The third-order valence-electron chi connectivity index (χ3n) is 7.44. The second kappa shape index (κ2) is 12.2. The van der Waals surface area contributed by atoms with Crippen LogP contribution >= 0.6 is 23.1 Å². The van der Waals surface area contributed by atoms with Gasteiger partial charge in [-0.1, -0.05) is 41.3 Å². The molecule has 226 valence electrons. The Bertz CT molecular complexity index is 1800. The van der Waals surface area contributed by atoms with Crippen LogP contribution in [-0.2, 0) is 14.4 Å². The van der Waals surface area contributed by atoms with E-state index in [-0.39, 0.29) is 29.2 Å². The molecule has 6 rings (SSSR count). The van der Waals surface area contributed by atoms with E-state index >= 15 is 0 Å². The third-order valence-corrected chi connectivity index (χ3v) is 9.84. The van der Waals surface area contributed by atoms with Gasteiger partial charge in [0.1, 0.15) is 11.0 Å². The Kier molecular flexibility index (Phi) is 8.19. The monoisotopic (exact) mass is 631 g/mol. The van der Waals surface area contributed by atoms with E-state index in [2.05, 4.69) is 10.3 Å². The second-order valence-corrected chi connectivity index (χ2v) is 12.5. The number of H-pyrrole nitrogens is 1. The minimum Gasteiger partial charge on any atom is -0.497 e. The molecular weight excluding hydrogens is 603 g/mol. The van der Waals surface area contributed by atoms with Crippen LogP contribution in [0.2, 0.25) is 0 Å². The number of benzene rings is 3. The normalized spacial score (nSPS) is 18.9. The summed E-state index contributed by atoms with van der Waals surface area (Å²) in [5.74, 6) is -1.01. The fourth-order valence-corrected chi connectivity index (χ4v) is 8.05. The van der Waals surface area contributed by atoms with Crippen molar-refractivity contribution in [1.82, 2.24) is 4.98 Å². The molecule has 0 radical (unpaired) electrons. The zero-order valence-corrected chi connectivity index (χ0v) is 25.8. The number of methoxy groups -OCH3 is 1. The minimum atomic E-state index is -0.755. The average Bonchev–Trinajstić information content (AvgIpc) is 3.50. The van der Waals surface area contributed by atoms with Crippen molar-refractivity contribution < 1.29 is 28.6 Å². The van der Waals surface area contributed by atoms with Crippen molar-refractivity contribution in [1.29, 1.82) is 0 Å². The Labute approximate surface area is 261 Å². The predicted octanol–water partition coefficient (Wildman–Crippen LogP) is 4.97. The maximum Gasteiger partial charge on any atom is 0.305 e. The van der Waals surface area contributed by atoms with Gasteiger partial charge in [0.2, 0.25) is 11.8 Å². The quantitative estimate of drug-likeness (QED) is 0.248. The van der Waals surface area contributed by atoms with Crippen molar-refractivity contribution in [2.75, 3.05) is 30.5 Å². The molecule has 3 amide bonds. The lowest BCUT2D eigenvalue weighted by molar-refractivity contribution is -0.122. The highest BCUT2D eigenvalue weighted by Crippen LogP contribution is 2.53. The average molecular weight is 632 g/mol. The fourth-order valence-electron chi connectivity index (χ4n) is 5.53. The van der Waals surface area contributed by atoms with Crippen LogP contribution < -0.4 is 29.3 Å². The van der Waals surface area contributed by atoms with Crippen molar-refractivity contribution in [3.63, 3.8) is 0 Å². The SMILES string of the molecule is CCOc1cc(C2c3sc(=O)[nH]c3SC3C(=O)N(c4ccc(OC)cc4)C(=O)C32)ccc1OCC(=O)Nc1cccc(C)c1. The van der Waals surface area contributed by atoms with Gasteiger partial charge in [-0.05, 0) is 73.5 Å². The van der Waals surface area contributed by atoms with Crippen LogP contribution in [0.3, 0.4) is 0 Å². The van der Waals surface area contributed by atoms with Gasteiger partial charge in [0.15, 0.2) is 18.1 Å². The molecule has 44 heavy (non-hydrogen) atoms. The first-order valence-corrected chi connectivity index (χ1v) is 15.6. The Hall–Kier alpha value is -4.55. The number of hydrogen-bond acceptors (Lipinski definition) is 9. The van der Waals surface area contributed by atoms with Crippen molar-refractivity contribution in [3.8, 4) is 17.2 Å². The maximum atomic E-state index is 14.0. The topological polar surface area (TPSA) is 127 Å². The van der Waals surface area contributed by atoms with Gasteiger partial charge in [0.05, 0.1) is 30.3 Å². The molecule has 0 spiro atoms. The van der Waals surface area contributed by atoms with Crippen LogP contribution in [0.4, 0.5) is 11.4 Å². The molecule has 0 aliphatic carbocycles. The van der Waals surface area contributed by atoms with E-state index in [9.17, 15) is 19.2 Å². The standard InChI is InChI=1S/C32H29N3O7S2/c1-4-41-23-15-18(8-13-22(23)42-16-24(36)33-19-7-5-6-17(2)14-19)25-26-28(43-29-27(25)44-32(39)34-29)31(38)35(30(26)37)20-9-11-21(40-3)12-10-20/h5-15,25-26,28H,4,16H2,1-3H3,(H,33,36)(H,34,39). The summed E-state index contributed by atoms with van der Waals surface area (Å²) < 4.78 is 17.0. The van der Waals surface area contributed by atoms with E-state index in [1.165, 1.54) is 16.7 Å². The number of nitrogens with one attached hydrogen (secondary N) is 2. The van der Waals surface area contributed by atoms with Crippen molar-refractivity contribution in [3.05, 3.63) is 92.4 Å². The molecule has 2 aliphatic rings. The van der Waals surface area contributed by atoms with E-state index in [0.717, 1.165) is 16.9 Å². The lowest BCUT2D eigenvalue weighted by Crippen LogP contribution is -2.32. The van der Waals surface area contributed by atoms with E-state index < -0.39 is 17.1 Å². The number of fused-ring (bicyclic) bond motifs is 2. The van der Waals surface area contributed by atoms with Gasteiger partial charge >= 0.3 is 4.87 Å². The summed E-state index contributed by atoms with van der Waals surface area (Å²) in [5, 5.41) is 2.67. The number of nitrogens with zero attached hydrogens (tertiary/aromatic N) is 1. The number of anilines is 2. The highest BCUT2D eigenvalue weighted by molar-refractivity contribution is 8.00. The van der Waals surface area contributed by atoms with Crippen LogP contribution in [0.15, 0.2) is 76.6 Å². The Morgan fingerprint density at radius 2 is 1.77 bits per heavy atom. The predicted molar refractivity (Wildman–Crippen MR) is 168 cm³/mol. The van der Waals surface area contributed by atoms with Crippen molar-refractivity contribution >= 4 is 52.2 Å². The molecule has 0 saturated carbocycles. The largest absolute Gasteiger partial charge is 0.497 e. The molecule has 4 aromatic rings. The molecule has 3 heterocycles. The van der Waals surface area contributed by atoms with Gasteiger partial charge in [0.25, 0.3) is 5.91 Å². The van der Waals surface area contributed by atoms with E-state index in [1.54, 1.807) is 55.6 Å². The summed E-state index contributed by atoms with van der Waals surface area (Å²) in [6.45, 7) is 3.85. The number of thioether (sulfide) groups is 1. The summed E-state index contributed by atoms with van der Waals surface area (Å²) >= 11 is 2.24. The van der Waals surface area contributed by atoms with Gasteiger partial charge in [-0.25, -0.2) is 4.90 Å². The molecular formula is C32H29N3O7S2. The number of thiazole rings is 1. The zero-order valence-electron chi connectivity index (χ0n) is 24.1. The van der Waals surface area contributed by atoms with Crippen LogP contribution in [0.25, 0.3) is 0 Å². The number of aromatic nitrogens is 1. The Balaban J connectivity index is 1.31. The Morgan fingerprint density at radius 3 is 2.50 bits per heavy atom. The number of ether oxygens (including phenoxy) is 3. The van der Waals surface area contributed by atoms with Crippen LogP contribution in [0.5, 0.6) is 17.2 Å². The van der Waals surface area contributed by atoms with Crippen molar-refractivity contribution in [2.45, 2.75) is 30.0 Å². The Morgan fingerprint density at radius 1 is 0.977 bits per heavy atom. The number of carbonyl (C=O) groups excluding carboxylic acids is 3. The van der Waals surface area contributed by atoms with Crippen LogP contribution in [0.1, 0.15) is 28.8 Å². The molecule has 3 atom stereocenters. The highest BCUT2D eigenvalue weighted by atomic mass is 32.2. The summed E-state index contributed by atoms with van der Waals surface area (Å²) in [4.78, 5) is 57.3. The molecule has 0 bridgehead atoms. The molecule has 2 aliphatic heterocycles. The fraction of sp³-hybridized carbons (Fsp3) is 0.250. The number of imide groups is 1. The van der Waals surface area contributed by atoms with Gasteiger partial charge < -0.3 is 24.5 Å². The second-order valence-electron chi connectivity index (χ2n) is 10.3. The first-order valence-electron chi connectivity index (χ1n) is 13.9. The summed E-state index contributed by atoms with van der Waals surface area (Å²) in [5.41, 5.74) is 2.83. The number of rotatable bonds is 9. The van der Waals surface area contributed by atoms with Gasteiger partial charge in [-0.15, -0.1) is 0 Å². The van der Waals surface area contributed by atoms with Gasteiger partial charge in [-0.3, -0.25) is 19.2 Å². The minimum absolute atomic E-state index is 0.245. The molecule has 12 heteroatoms.